The number of aromatic amines is 2. The van der Waals surface area contributed by atoms with Crippen LogP contribution in [-0.4, -0.2) is 25.4 Å². The molecule has 3 heterocycles. The van der Waals surface area contributed by atoms with Gasteiger partial charge in [-0.15, -0.1) is 0 Å². The summed E-state index contributed by atoms with van der Waals surface area (Å²) in [5.74, 6) is -1.14. The summed E-state index contributed by atoms with van der Waals surface area (Å²) in [4.78, 5) is 4.40. The van der Waals surface area contributed by atoms with E-state index in [-0.39, 0.29) is 23.3 Å². The van der Waals surface area contributed by atoms with E-state index >= 15 is 0 Å². The predicted molar refractivity (Wildman–Crippen MR) is 218 cm³/mol. The van der Waals surface area contributed by atoms with Crippen LogP contribution < -0.4 is 0 Å². The molecule has 0 fully saturated rings. The first-order valence-corrected chi connectivity index (χ1v) is 18.9. The van der Waals surface area contributed by atoms with E-state index in [0.717, 1.165) is 67.4 Å². The molecular formula is C49H35F4N5. The Morgan fingerprint density at radius 2 is 0.828 bits per heavy atom. The molecule has 3 aromatic heterocycles. The van der Waals surface area contributed by atoms with Gasteiger partial charge < -0.3 is 0 Å². The summed E-state index contributed by atoms with van der Waals surface area (Å²) in [5.41, 5.74) is 10.2. The lowest BCUT2D eigenvalue weighted by molar-refractivity contribution is 0.598. The topological polar surface area (TPSA) is 70.2 Å². The molecule has 5 aromatic carbocycles. The molecule has 0 saturated carbocycles. The van der Waals surface area contributed by atoms with Gasteiger partial charge in [0.15, 0.2) is 0 Å². The number of rotatable bonds is 6. The smallest absolute Gasteiger partial charge is 0.123 e. The first kappa shape index (κ1) is 36.5. The van der Waals surface area contributed by atoms with Crippen LogP contribution in [0.25, 0.3) is 34.8 Å². The van der Waals surface area contributed by atoms with Gasteiger partial charge in [-0.2, -0.15) is 10.2 Å². The Hall–Kier alpha value is -7.13. The summed E-state index contributed by atoms with van der Waals surface area (Å²) in [5, 5.41) is 15.4. The summed E-state index contributed by atoms with van der Waals surface area (Å²) in [6.07, 6.45) is 11.3. The second kappa shape index (κ2) is 15.1. The lowest BCUT2D eigenvalue weighted by atomic mass is 9.68. The molecule has 0 unspecified atom stereocenters. The number of allylic oxidation sites excluding steroid dienone is 2. The van der Waals surface area contributed by atoms with Crippen LogP contribution in [0.4, 0.5) is 17.6 Å². The Kier molecular flexibility index (Phi) is 9.49. The fraction of sp³-hybridized carbons (Fsp3) is 0.0816. The van der Waals surface area contributed by atoms with Crippen molar-refractivity contribution in [3.05, 3.63) is 232 Å². The molecule has 10 rings (SSSR count). The van der Waals surface area contributed by atoms with Crippen molar-refractivity contribution in [1.29, 1.82) is 0 Å². The van der Waals surface area contributed by atoms with Gasteiger partial charge in [0, 0.05) is 57.9 Å². The molecule has 0 saturated heterocycles. The van der Waals surface area contributed by atoms with E-state index < -0.39 is 10.8 Å². The third-order valence-electron chi connectivity index (χ3n) is 11.1. The minimum absolute atomic E-state index is 0.281. The van der Waals surface area contributed by atoms with Gasteiger partial charge >= 0.3 is 0 Å². The van der Waals surface area contributed by atoms with Crippen molar-refractivity contribution in [2.45, 2.75) is 23.7 Å². The summed E-state index contributed by atoms with van der Waals surface area (Å²) in [6.45, 7) is 0. The second-order valence-electron chi connectivity index (χ2n) is 14.5. The highest BCUT2D eigenvalue weighted by molar-refractivity contribution is 5.77. The van der Waals surface area contributed by atoms with Crippen LogP contribution in [0.5, 0.6) is 0 Å². The lowest BCUT2D eigenvalue weighted by Gasteiger charge is -2.34. The third-order valence-corrected chi connectivity index (χ3v) is 11.1. The average molecular weight is 770 g/mol. The summed E-state index contributed by atoms with van der Waals surface area (Å²) >= 11 is 0. The van der Waals surface area contributed by atoms with Crippen molar-refractivity contribution in [1.82, 2.24) is 25.4 Å². The molecule has 0 radical (unpaired) electrons. The van der Waals surface area contributed by atoms with Gasteiger partial charge in [-0.1, -0.05) is 109 Å². The van der Waals surface area contributed by atoms with Gasteiger partial charge in [-0.05, 0) is 82.9 Å². The molecular weight excluding hydrogens is 735 g/mol. The molecule has 0 bridgehead atoms. The summed E-state index contributed by atoms with van der Waals surface area (Å²) < 4.78 is 54.3. The fourth-order valence-corrected chi connectivity index (χ4v) is 8.16. The molecule has 2 aliphatic rings. The molecule has 2 aliphatic carbocycles. The number of fused-ring (bicyclic) bond motifs is 2. The maximum Gasteiger partial charge on any atom is 0.123 e. The standard InChI is InChI=1S/C25H18F2N2.C24H17F2N3/c26-20-10-6-18(7-11-20)25(19-8-12-21(27)13-9-19)15-14-22-23(16-25)28-29-24(22)17-4-2-1-3-5-17;25-18-8-4-16(5-9-18)24(17-6-10-19(26)11-7-17)13-12-20-22(15-24)28-29-23(20)21-3-1-2-14-27-21/h1-15H,16H2,(H,28,29);1-14H,15H2,(H,28,29). The number of pyridine rings is 1. The molecule has 58 heavy (non-hydrogen) atoms. The summed E-state index contributed by atoms with van der Waals surface area (Å²) in [7, 11) is 0. The maximum atomic E-state index is 13.6. The zero-order valence-corrected chi connectivity index (χ0v) is 31.0. The largest absolute Gasteiger partial charge is 0.281 e. The minimum Gasteiger partial charge on any atom is -0.281 e. The van der Waals surface area contributed by atoms with Crippen LogP contribution in [0, 0.1) is 23.3 Å². The normalized spacial score (nSPS) is 14.6. The van der Waals surface area contributed by atoms with E-state index in [0.29, 0.717) is 12.8 Å². The second-order valence-corrected chi connectivity index (χ2v) is 14.5. The van der Waals surface area contributed by atoms with Crippen molar-refractivity contribution in [2.75, 3.05) is 0 Å². The first-order chi connectivity index (χ1) is 28.3. The van der Waals surface area contributed by atoms with Gasteiger partial charge in [0.05, 0.1) is 11.4 Å². The SMILES string of the molecule is Fc1ccc(C2(c3ccc(F)cc3)C=Cc3c(-c4ccccc4)n[nH]c3C2)cc1.Fc1ccc(C2(c3ccc(F)cc3)C=Cc3c(-c4ccccn4)n[nH]c3C2)cc1. The van der Waals surface area contributed by atoms with Crippen LogP contribution in [0.1, 0.15) is 44.8 Å². The van der Waals surface area contributed by atoms with Gasteiger partial charge in [0.1, 0.15) is 29.0 Å². The number of nitrogens with one attached hydrogen (secondary N) is 2. The zero-order chi connectivity index (χ0) is 39.7. The monoisotopic (exact) mass is 769 g/mol. The first-order valence-electron chi connectivity index (χ1n) is 18.9. The van der Waals surface area contributed by atoms with Gasteiger partial charge in [0.25, 0.3) is 0 Å². The van der Waals surface area contributed by atoms with Gasteiger partial charge in [-0.3, -0.25) is 15.2 Å². The van der Waals surface area contributed by atoms with Crippen LogP contribution in [0.3, 0.4) is 0 Å². The number of halogens is 4. The highest BCUT2D eigenvalue weighted by Gasteiger charge is 2.38. The minimum atomic E-state index is -0.553. The van der Waals surface area contributed by atoms with E-state index in [1.807, 2.05) is 54.6 Å². The number of hydrogen-bond acceptors (Lipinski definition) is 3. The number of hydrogen-bond donors (Lipinski definition) is 2. The predicted octanol–water partition coefficient (Wildman–Crippen LogP) is 11.2. The van der Waals surface area contributed by atoms with Crippen molar-refractivity contribution >= 4 is 12.2 Å². The van der Waals surface area contributed by atoms with E-state index in [9.17, 15) is 17.6 Å². The van der Waals surface area contributed by atoms with Crippen LogP contribution in [0.2, 0.25) is 0 Å². The molecule has 8 aromatic rings. The number of nitrogens with zero attached hydrogens (tertiary/aromatic N) is 3. The van der Waals surface area contributed by atoms with Gasteiger partial charge in [0.2, 0.25) is 0 Å². The zero-order valence-electron chi connectivity index (χ0n) is 31.0. The molecule has 0 spiro atoms. The van der Waals surface area contributed by atoms with Crippen molar-refractivity contribution < 1.29 is 17.6 Å². The highest BCUT2D eigenvalue weighted by Crippen LogP contribution is 2.44. The fourth-order valence-electron chi connectivity index (χ4n) is 8.16. The van der Waals surface area contributed by atoms with E-state index in [1.165, 1.54) is 48.5 Å². The van der Waals surface area contributed by atoms with Gasteiger partial charge in [-0.25, -0.2) is 17.6 Å². The Morgan fingerprint density at radius 3 is 1.24 bits per heavy atom. The average Bonchev–Trinajstić information content (AvgIpc) is 3.89. The Balaban J connectivity index is 0.000000150. The van der Waals surface area contributed by atoms with E-state index in [4.69, 9.17) is 0 Å². The molecule has 9 heteroatoms. The van der Waals surface area contributed by atoms with Crippen molar-refractivity contribution in [2.24, 2.45) is 0 Å². The number of aromatic nitrogens is 5. The number of benzene rings is 5. The molecule has 0 amide bonds. The van der Waals surface area contributed by atoms with E-state index in [1.54, 1.807) is 54.7 Å². The lowest BCUT2D eigenvalue weighted by Crippen LogP contribution is -2.30. The Morgan fingerprint density at radius 1 is 0.431 bits per heavy atom. The van der Waals surface area contributed by atoms with Crippen LogP contribution in [-0.2, 0) is 23.7 Å². The van der Waals surface area contributed by atoms with Crippen LogP contribution >= 0.6 is 0 Å². The highest BCUT2D eigenvalue weighted by atomic mass is 19.1. The molecule has 0 atom stereocenters. The molecule has 5 nitrogen and oxygen atoms in total. The third kappa shape index (κ3) is 6.74. The Bertz CT molecular complexity index is 2450. The van der Waals surface area contributed by atoms with Crippen molar-refractivity contribution in [3.63, 3.8) is 0 Å². The molecule has 0 aliphatic heterocycles. The molecule has 2 N–H and O–H groups in total. The molecule has 284 valence electrons. The van der Waals surface area contributed by atoms with E-state index in [2.05, 4.69) is 43.6 Å². The maximum absolute atomic E-state index is 13.6. The Labute approximate surface area is 332 Å². The van der Waals surface area contributed by atoms with Crippen LogP contribution in [0.15, 0.2) is 164 Å². The van der Waals surface area contributed by atoms with Crippen molar-refractivity contribution in [3.8, 4) is 22.6 Å². The number of H-pyrrole nitrogens is 2. The quantitative estimate of drug-likeness (QED) is 0.166. The summed E-state index contributed by atoms with van der Waals surface area (Å²) in [6, 6.07) is 41.7.